The van der Waals surface area contributed by atoms with E-state index in [1.807, 2.05) is 13.0 Å². The van der Waals surface area contributed by atoms with E-state index >= 15 is 0 Å². The summed E-state index contributed by atoms with van der Waals surface area (Å²) in [6, 6.07) is 2.36. The fraction of sp³-hybridized carbons (Fsp3) is 0.773. The van der Waals surface area contributed by atoms with Gasteiger partial charge in [-0.25, -0.2) is 0 Å². The molecule has 5 nitrogen and oxygen atoms in total. The van der Waals surface area contributed by atoms with Crippen molar-refractivity contribution in [2.45, 2.75) is 89.4 Å². The van der Waals surface area contributed by atoms with E-state index in [9.17, 15) is 20.3 Å². The molecule has 0 aromatic heterocycles. The highest BCUT2D eigenvalue weighted by Crippen LogP contribution is 2.49. The first-order valence-corrected chi connectivity index (χ1v) is 11.6. The third-order valence-electron chi connectivity index (χ3n) is 5.86. The van der Waals surface area contributed by atoms with Crippen LogP contribution in [0.5, 0.6) is 0 Å². The van der Waals surface area contributed by atoms with Gasteiger partial charge in [0.25, 0.3) is 0 Å². The highest BCUT2D eigenvalue weighted by Gasteiger charge is 2.56. The lowest BCUT2D eigenvalue weighted by atomic mass is 9.83. The molecule has 0 aromatic carbocycles. The predicted octanol–water partition coefficient (Wildman–Crippen LogP) is 4.04. The number of hydrogen-bond acceptors (Lipinski definition) is 6. The zero-order chi connectivity index (χ0) is 20.6. The normalized spacial score (nSPS) is 30.2. The minimum Gasteiger partial charge on any atom is -0.392 e. The molecule has 5 atom stereocenters. The summed E-state index contributed by atoms with van der Waals surface area (Å²) < 4.78 is 0. The SMILES string of the molecule is CCCCC[C@H](O)/C=C/C1C(O)CC2(C#N)N=C(CCCC(=O)SCC)CC12. The molecule has 6 heteroatoms. The minimum atomic E-state index is -0.848. The molecule has 0 amide bonds. The van der Waals surface area contributed by atoms with Crippen LogP contribution in [-0.2, 0) is 4.79 Å². The van der Waals surface area contributed by atoms with Crippen LogP contribution in [0.15, 0.2) is 17.1 Å². The highest BCUT2D eigenvalue weighted by molar-refractivity contribution is 8.13. The molecule has 1 heterocycles. The van der Waals surface area contributed by atoms with Crippen molar-refractivity contribution in [2.75, 3.05) is 5.75 Å². The lowest BCUT2D eigenvalue weighted by Gasteiger charge is -2.20. The molecule has 0 aromatic rings. The monoisotopic (exact) mass is 406 g/mol. The van der Waals surface area contributed by atoms with E-state index in [4.69, 9.17) is 4.99 Å². The molecule has 0 radical (unpaired) electrons. The molecule has 28 heavy (non-hydrogen) atoms. The summed E-state index contributed by atoms with van der Waals surface area (Å²) in [6.07, 6.45) is 9.62. The maximum absolute atomic E-state index is 11.7. The third kappa shape index (κ3) is 5.92. The standard InChI is InChI=1S/C22H34N2O3S/c1-3-5-6-9-17(25)11-12-18-19-13-16(8-7-10-21(27)28-4-2)24-22(19,15-23)14-20(18)26/h11-12,17-20,25-26H,3-10,13-14H2,1-2H3/b12-11+/t17-,18?,19?,20?,22?/m0/s1. The molecule has 4 unspecified atom stereocenters. The van der Waals surface area contributed by atoms with Crippen LogP contribution in [0.25, 0.3) is 0 Å². The molecular formula is C22H34N2O3S. The Morgan fingerprint density at radius 3 is 2.89 bits per heavy atom. The van der Waals surface area contributed by atoms with Crippen LogP contribution in [0.1, 0.15) is 71.6 Å². The van der Waals surface area contributed by atoms with Crippen LogP contribution >= 0.6 is 11.8 Å². The summed E-state index contributed by atoms with van der Waals surface area (Å²) in [6.45, 7) is 4.11. The van der Waals surface area contributed by atoms with Crippen molar-refractivity contribution in [3.63, 3.8) is 0 Å². The van der Waals surface area contributed by atoms with Crippen molar-refractivity contribution >= 4 is 22.6 Å². The van der Waals surface area contributed by atoms with Gasteiger partial charge in [0, 0.05) is 30.4 Å². The van der Waals surface area contributed by atoms with Crippen LogP contribution in [-0.4, -0.2) is 44.5 Å². The number of fused-ring (bicyclic) bond motifs is 1. The van der Waals surface area contributed by atoms with Gasteiger partial charge in [0.2, 0.25) is 0 Å². The van der Waals surface area contributed by atoms with Crippen LogP contribution in [0.4, 0.5) is 0 Å². The Kier molecular flexibility index (Phi) is 9.20. The number of aliphatic hydroxyl groups excluding tert-OH is 2. The van der Waals surface area contributed by atoms with Crippen molar-refractivity contribution in [1.82, 2.24) is 0 Å². The molecule has 0 saturated heterocycles. The van der Waals surface area contributed by atoms with Gasteiger partial charge in [-0.3, -0.25) is 9.79 Å². The maximum atomic E-state index is 11.7. The number of carbonyl (C=O) groups excluding carboxylic acids is 1. The Morgan fingerprint density at radius 2 is 2.21 bits per heavy atom. The van der Waals surface area contributed by atoms with E-state index in [1.165, 1.54) is 11.8 Å². The molecule has 2 N–H and O–H groups in total. The molecular weight excluding hydrogens is 372 g/mol. The average Bonchev–Trinajstić information content (AvgIpc) is 3.12. The van der Waals surface area contributed by atoms with Gasteiger partial charge < -0.3 is 10.2 Å². The number of carbonyl (C=O) groups is 1. The van der Waals surface area contributed by atoms with E-state index in [1.54, 1.807) is 6.08 Å². The predicted molar refractivity (Wildman–Crippen MR) is 114 cm³/mol. The summed E-state index contributed by atoms with van der Waals surface area (Å²) in [5.41, 5.74) is 0.147. The number of thioether (sulfide) groups is 1. The van der Waals surface area contributed by atoms with E-state index in [-0.39, 0.29) is 17.0 Å². The van der Waals surface area contributed by atoms with E-state index in [0.29, 0.717) is 19.3 Å². The molecule has 0 bridgehead atoms. The number of nitrogens with zero attached hydrogens (tertiary/aromatic N) is 2. The van der Waals surface area contributed by atoms with E-state index < -0.39 is 17.7 Å². The minimum absolute atomic E-state index is 0.0395. The number of unbranched alkanes of at least 4 members (excludes halogenated alkanes) is 2. The van der Waals surface area contributed by atoms with Gasteiger partial charge >= 0.3 is 0 Å². The summed E-state index contributed by atoms with van der Waals surface area (Å²) in [5, 5.41) is 30.7. The maximum Gasteiger partial charge on any atom is 0.188 e. The highest BCUT2D eigenvalue weighted by atomic mass is 32.2. The lowest BCUT2D eigenvalue weighted by Crippen LogP contribution is -2.27. The summed E-state index contributed by atoms with van der Waals surface area (Å²) >= 11 is 1.35. The Hall–Kier alpha value is -1.16. The number of nitriles is 1. The van der Waals surface area contributed by atoms with Crippen molar-refractivity contribution < 1.29 is 15.0 Å². The number of aliphatic hydroxyl groups is 2. The lowest BCUT2D eigenvalue weighted by molar-refractivity contribution is -0.111. The fourth-order valence-electron chi connectivity index (χ4n) is 4.41. The number of rotatable bonds is 11. The smallest absolute Gasteiger partial charge is 0.188 e. The average molecular weight is 407 g/mol. The summed E-state index contributed by atoms with van der Waals surface area (Å²) in [5.74, 6) is 0.608. The van der Waals surface area contributed by atoms with Crippen molar-refractivity contribution in [3.8, 4) is 6.07 Å². The van der Waals surface area contributed by atoms with Crippen LogP contribution in [0.3, 0.4) is 0 Å². The quantitative estimate of drug-likeness (QED) is 0.399. The molecule has 156 valence electrons. The largest absolute Gasteiger partial charge is 0.392 e. The van der Waals surface area contributed by atoms with Gasteiger partial charge in [0.15, 0.2) is 10.7 Å². The first-order chi connectivity index (χ1) is 13.5. The van der Waals surface area contributed by atoms with Crippen molar-refractivity contribution in [2.24, 2.45) is 16.8 Å². The van der Waals surface area contributed by atoms with E-state index in [2.05, 4.69) is 13.0 Å². The molecule has 1 aliphatic carbocycles. The van der Waals surface area contributed by atoms with Crippen molar-refractivity contribution in [3.05, 3.63) is 12.2 Å². The number of aliphatic imine (C=N–C) groups is 1. The molecule has 1 fully saturated rings. The van der Waals surface area contributed by atoms with Gasteiger partial charge in [0.1, 0.15) is 0 Å². The second kappa shape index (κ2) is 11.1. The molecule has 2 aliphatic rings. The van der Waals surface area contributed by atoms with Gasteiger partial charge in [-0.15, -0.1) is 0 Å². The zero-order valence-corrected chi connectivity index (χ0v) is 18.0. The van der Waals surface area contributed by atoms with Crippen LogP contribution in [0, 0.1) is 23.2 Å². The molecule has 0 spiro atoms. The van der Waals surface area contributed by atoms with Crippen molar-refractivity contribution in [1.29, 1.82) is 5.26 Å². The molecule has 1 aliphatic heterocycles. The number of hydrogen-bond donors (Lipinski definition) is 2. The summed E-state index contributed by atoms with van der Waals surface area (Å²) in [4.78, 5) is 16.4. The van der Waals surface area contributed by atoms with Gasteiger partial charge in [-0.1, -0.05) is 57.0 Å². The molecule has 2 rings (SSSR count). The van der Waals surface area contributed by atoms with Gasteiger partial charge in [0.05, 0.1) is 18.3 Å². The first-order valence-electron chi connectivity index (χ1n) is 10.6. The molecule has 1 saturated carbocycles. The third-order valence-corrected chi connectivity index (χ3v) is 6.67. The fourth-order valence-corrected chi connectivity index (χ4v) is 5.02. The van der Waals surface area contributed by atoms with Gasteiger partial charge in [-0.05, 0) is 31.4 Å². The van der Waals surface area contributed by atoms with Gasteiger partial charge in [-0.2, -0.15) is 5.26 Å². The second-order valence-electron chi connectivity index (χ2n) is 7.98. The summed E-state index contributed by atoms with van der Waals surface area (Å²) in [7, 11) is 0. The topological polar surface area (TPSA) is 93.7 Å². The van der Waals surface area contributed by atoms with Crippen LogP contribution in [0.2, 0.25) is 0 Å². The van der Waals surface area contributed by atoms with E-state index in [0.717, 1.165) is 50.0 Å². The Morgan fingerprint density at radius 1 is 1.43 bits per heavy atom. The Bertz CT molecular complexity index is 628. The zero-order valence-electron chi connectivity index (χ0n) is 17.1. The second-order valence-corrected chi connectivity index (χ2v) is 9.30. The Labute approximate surface area is 173 Å². The first kappa shape index (κ1) is 23.1. The Balaban J connectivity index is 1.95. The van der Waals surface area contributed by atoms with Crippen LogP contribution < -0.4 is 0 Å².